The van der Waals surface area contributed by atoms with Crippen LogP contribution in [0.15, 0.2) is 12.3 Å². The molecule has 148 valence electrons. The molecular weight excluding hydrogens is 361 g/mol. The molecule has 1 N–H and O–H groups in total. The number of rotatable bonds is 3. The zero-order valence-corrected chi connectivity index (χ0v) is 15.7. The van der Waals surface area contributed by atoms with Crippen molar-refractivity contribution in [2.75, 3.05) is 31.2 Å². The van der Waals surface area contributed by atoms with Crippen LogP contribution in [-0.4, -0.2) is 70.3 Å². The van der Waals surface area contributed by atoms with Crippen LogP contribution in [0.3, 0.4) is 0 Å². The number of piperazine rings is 1. The molecule has 5 atom stereocenters. The highest BCUT2D eigenvalue weighted by atomic mass is 19.1. The smallest absolute Gasteiger partial charge is 0.229 e. The highest BCUT2D eigenvalue weighted by Gasteiger charge is 2.51. The van der Waals surface area contributed by atoms with Crippen LogP contribution in [0.2, 0.25) is 0 Å². The lowest BCUT2D eigenvalue weighted by Gasteiger charge is -2.42. The first-order chi connectivity index (χ1) is 13.7. The number of imidazole rings is 1. The number of pyridine rings is 1. The lowest BCUT2D eigenvalue weighted by Crippen LogP contribution is -2.56. The third-order valence-electron chi connectivity index (χ3n) is 6.81. The van der Waals surface area contributed by atoms with Gasteiger partial charge in [0, 0.05) is 43.9 Å². The molecule has 5 heterocycles. The molecule has 3 saturated heterocycles. The fourth-order valence-corrected chi connectivity index (χ4v) is 5.19. The van der Waals surface area contributed by atoms with E-state index in [1.165, 1.54) is 0 Å². The van der Waals surface area contributed by atoms with E-state index in [0.717, 1.165) is 61.6 Å². The van der Waals surface area contributed by atoms with Gasteiger partial charge in [-0.3, -0.25) is 4.79 Å². The number of hydrogen-bond donors (Lipinski definition) is 1. The molecule has 0 aromatic carbocycles. The first kappa shape index (κ1) is 16.7. The second kappa shape index (κ2) is 6.14. The summed E-state index contributed by atoms with van der Waals surface area (Å²) in [4.78, 5) is 29.7. The molecule has 2 aromatic heterocycles. The van der Waals surface area contributed by atoms with Crippen LogP contribution in [0.25, 0.3) is 11.2 Å². The molecule has 28 heavy (non-hydrogen) atoms. The van der Waals surface area contributed by atoms with Crippen LogP contribution >= 0.6 is 0 Å². The monoisotopic (exact) mass is 385 g/mol. The number of ether oxygens (including phenoxy) is 1. The lowest BCUT2D eigenvalue weighted by atomic mass is 10.1. The Morgan fingerprint density at radius 2 is 2.04 bits per heavy atom. The van der Waals surface area contributed by atoms with E-state index in [9.17, 15) is 9.18 Å². The molecule has 4 fully saturated rings. The van der Waals surface area contributed by atoms with Gasteiger partial charge >= 0.3 is 0 Å². The molecular formula is C20H24FN5O2. The van der Waals surface area contributed by atoms with Gasteiger partial charge < -0.3 is 19.5 Å². The summed E-state index contributed by atoms with van der Waals surface area (Å²) in [5.74, 6) is 0.905. The summed E-state index contributed by atoms with van der Waals surface area (Å²) in [6.45, 7) is 3.05. The highest BCUT2D eigenvalue weighted by molar-refractivity contribution is 5.87. The van der Waals surface area contributed by atoms with Crippen molar-refractivity contribution in [2.45, 2.75) is 49.9 Å². The molecule has 2 aromatic rings. The molecule has 0 radical (unpaired) electrons. The molecule has 6 rings (SSSR count). The zero-order chi connectivity index (χ0) is 18.8. The Morgan fingerprint density at radius 3 is 2.71 bits per heavy atom. The predicted molar refractivity (Wildman–Crippen MR) is 101 cm³/mol. The van der Waals surface area contributed by atoms with Crippen molar-refractivity contribution in [3.05, 3.63) is 18.1 Å². The quantitative estimate of drug-likeness (QED) is 0.875. The van der Waals surface area contributed by atoms with E-state index in [0.29, 0.717) is 18.9 Å². The van der Waals surface area contributed by atoms with Gasteiger partial charge in [-0.1, -0.05) is 0 Å². The van der Waals surface area contributed by atoms with Crippen LogP contribution in [0.1, 0.15) is 37.4 Å². The number of aromatic nitrogens is 3. The second-order valence-electron chi connectivity index (χ2n) is 8.60. The predicted octanol–water partition coefficient (Wildman–Crippen LogP) is 2.00. The fraction of sp³-hybridized carbons (Fsp3) is 0.650. The first-order valence-corrected chi connectivity index (χ1v) is 10.3. The summed E-state index contributed by atoms with van der Waals surface area (Å²) >= 11 is 0. The Bertz CT molecular complexity index is 912. The van der Waals surface area contributed by atoms with E-state index in [1.807, 2.05) is 17.2 Å². The molecule has 1 amide bonds. The number of fused-ring (bicyclic) bond motifs is 3. The number of aromatic amines is 1. The number of nitrogens with zero attached hydrogens (tertiary/aromatic N) is 4. The standard InChI is InChI=1S/C20H24FN5O2/c21-15-7-14(15)20(27)26-12-1-2-13(26)9-25(8-12)16-3-5-22-19-17(16)23-18(24-19)11-4-6-28-10-11/h3,5,11-15H,1-2,4,6-10H2,(H,22,23,24)/t11?,12?,13?,14-,15-/m1/s1. The van der Waals surface area contributed by atoms with Crippen LogP contribution in [0, 0.1) is 5.92 Å². The van der Waals surface area contributed by atoms with Crippen molar-refractivity contribution < 1.29 is 13.9 Å². The summed E-state index contributed by atoms with van der Waals surface area (Å²) in [6, 6.07) is 2.38. The van der Waals surface area contributed by atoms with E-state index in [4.69, 9.17) is 9.72 Å². The normalized spacial score (nSPS) is 34.4. The Labute approximate surface area is 162 Å². The molecule has 1 aliphatic carbocycles. The number of nitrogens with one attached hydrogen (secondary N) is 1. The third kappa shape index (κ3) is 2.53. The maximum absolute atomic E-state index is 13.4. The van der Waals surface area contributed by atoms with Gasteiger partial charge in [-0.15, -0.1) is 0 Å². The minimum absolute atomic E-state index is 0.0320. The van der Waals surface area contributed by atoms with Crippen LogP contribution in [-0.2, 0) is 9.53 Å². The van der Waals surface area contributed by atoms with Gasteiger partial charge in [0.1, 0.15) is 17.5 Å². The zero-order valence-electron chi connectivity index (χ0n) is 15.7. The Balaban J connectivity index is 1.28. The SMILES string of the molecule is O=C([C@@H]1C[C@H]1F)N1C2CCC1CN(c1ccnc3nc(C4CCOC4)[nH]c13)C2. The maximum atomic E-state index is 13.4. The maximum Gasteiger partial charge on any atom is 0.229 e. The Kier molecular flexibility index (Phi) is 3.66. The number of carbonyl (C=O) groups excluding carboxylic acids is 1. The number of halogens is 1. The van der Waals surface area contributed by atoms with E-state index in [2.05, 4.69) is 14.9 Å². The average molecular weight is 385 g/mol. The summed E-state index contributed by atoms with van der Waals surface area (Å²) in [6.07, 6.45) is 4.27. The van der Waals surface area contributed by atoms with Gasteiger partial charge in [-0.25, -0.2) is 14.4 Å². The topological polar surface area (TPSA) is 74.3 Å². The summed E-state index contributed by atoms with van der Waals surface area (Å²) < 4.78 is 18.9. The largest absolute Gasteiger partial charge is 0.381 e. The van der Waals surface area contributed by atoms with Gasteiger partial charge in [-0.2, -0.15) is 0 Å². The van der Waals surface area contributed by atoms with Gasteiger partial charge in [0.05, 0.1) is 18.2 Å². The number of hydrogen-bond acceptors (Lipinski definition) is 5. The molecule has 0 spiro atoms. The molecule has 7 nitrogen and oxygen atoms in total. The van der Waals surface area contributed by atoms with Crippen LogP contribution in [0.5, 0.6) is 0 Å². The van der Waals surface area contributed by atoms with E-state index < -0.39 is 6.17 Å². The number of amides is 1. The highest BCUT2D eigenvalue weighted by Crippen LogP contribution is 2.41. The van der Waals surface area contributed by atoms with Crippen LogP contribution in [0.4, 0.5) is 10.1 Å². The first-order valence-electron chi connectivity index (χ1n) is 10.3. The van der Waals surface area contributed by atoms with Crippen molar-refractivity contribution in [3.63, 3.8) is 0 Å². The summed E-state index contributed by atoms with van der Waals surface area (Å²) in [7, 11) is 0. The van der Waals surface area contributed by atoms with Crippen molar-refractivity contribution in [1.29, 1.82) is 0 Å². The van der Waals surface area contributed by atoms with Crippen molar-refractivity contribution in [3.8, 4) is 0 Å². The molecule has 3 aliphatic heterocycles. The number of H-pyrrole nitrogens is 1. The van der Waals surface area contributed by atoms with E-state index in [-0.39, 0.29) is 23.9 Å². The third-order valence-corrected chi connectivity index (χ3v) is 6.81. The van der Waals surface area contributed by atoms with Crippen molar-refractivity contribution in [1.82, 2.24) is 19.9 Å². The minimum Gasteiger partial charge on any atom is -0.381 e. The molecule has 8 heteroatoms. The molecule has 4 aliphatic rings. The average Bonchev–Trinajstić information content (AvgIpc) is 3.10. The van der Waals surface area contributed by atoms with Gasteiger partial charge in [0.25, 0.3) is 0 Å². The Morgan fingerprint density at radius 1 is 1.25 bits per heavy atom. The second-order valence-corrected chi connectivity index (χ2v) is 8.60. The number of anilines is 1. The molecule has 2 bridgehead atoms. The van der Waals surface area contributed by atoms with Gasteiger partial charge in [-0.05, 0) is 31.7 Å². The molecule has 3 unspecified atom stereocenters. The fourth-order valence-electron chi connectivity index (χ4n) is 5.19. The Hall–Kier alpha value is -2.22. The molecule has 1 saturated carbocycles. The summed E-state index contributed by atoms with van der Waals surface area (Å²) in [5, 5.41) is 0. The summed E-state index contributed by atoms with van der Waals surface area (Å²) in [5.41, 5.74) is 2.81. The minimum atomic E-state index is -0.923. The number of carbonyl (C=O) groups is 1. The number of alkyl halides is 1. The lowest BCUT2D eigenvalue weighted by molar-refractivity contribution is -0.136. The van der Waals surface area contributed by atoms with E-state index >= 15 is 0 Å². The van der Waals surface area contributed by atoms with Crippen molar-refractivity contribution in [2.24, 2.45) is 5.92 Å². The van der Waals surface area contributed by atoms with Gasteiger partial charge in [0.2, 0.25) is 5.91 Å². The van der Waals surface area contributed by atoms with E-state index in [1.54, 1.807) is 0 Å². The van der Waals surface area contributed by atoms with Crippen LogP contribution < -0.4 is 4.90 Å². The van der Waals surface area contributed by atoms with Gasteiger partial charge in [0.15, 0.2) is 5.65 Å². The van der Waals surface area contributed by atoms with Crippen molar-refractivity contribution >= 4 is 22.8 Å².